The summed E-state index contributed by atoms with van der Waals surface area (Å²) in [6, 6.07) is 0. The van der Waals surface area contributed by atoms with Gasteiger partial charge in [0, 0.05) is 19.3 Å². The Hall–Kier alpha value is -0.630. The minimum absolute atomic E-state index is 0.0395. The van der Waals surface area contributed by atoms with Crippen LogP contribution in [0.25, 0.3) is 0 Å². The minimum Gasteiger partial charge on any atom is -0.171 e. The summed E-state index contributed by atoms with van der Waals surface area (Å²) < 4.78 is 109. The quantitative estimate of drug-likeness (QED) is 0.382. The molecule has 0 aliphatic rings. The molecule has 0 atom stereocenters. The third-order valence-electron chi connectivity index (χ3n) is 3.72. The van der Waals surface area contributed by atoms with Gasteiger partial charge in [-0.3, -0.25) is 0 Å². The Morgan fingerprint density at radius 1 is 0.435 bits per heavy atom. The Morgan fingerprint density at radius 3 is 0.826 bits per heavy atom. The summed E-state index contributed by atoms with van der Waals surface area (Å²) in [7, 11) is 0. The van der Waals surface area contributed by atoms with Crippen LogP contribution in [-0.2, 0) is 0 Å². The molecule has 23 heavy (non-hydrogen) atoms. The van der Waals surface area contributed by atoms with Crippen molar-refractivity contribution in [2.75, 3.05) is 0 Å². The van der Waals surface area contributed by atoms with Gasteiger partial charge in [-0.15, -0.1) is 0 Å². The van der Waals surface area contributed by atoms with Crippen LogP contribution in [0.4, 0.5) is 39.5 Å². The van der Waals surface area contributed by atoms with Crippen LogP contribution in [-0.4, -0.2) is 18.5 Å². The van der Waals surface area contributed by atoms with Crippen molar-refractivity contribution >= 4 is 0 Å². The van der Waals surface area contributed by atoms with Gasteiger partial charge in [-0.1, -0.05) is 6.92 Å². The van der Waals surface area contributed by atoms with Crippen molar-refractivity contribution in [3.63, 3.8) is 0 Å². The lowest BCUT2D eigenvalue weighted by atomic mass is 9.76. The average Bonchev–Trinajstić information content (AvgIpc) is 2.22. The van der Waals surface area contributed by atoms with Gasteiger partial charge in [0.2, 0.25) is 0 Å². The Kier molecular flexibility index (Phi) is 8.23. The van der Waals surface area contributed by atoms with Crippen LogP contribution >= 0.6 is 0 Å². The third-order valence-corrected chi connectivity index (χ3v) is 3.72. The molecule has 140 valence electrons. The van der Waals surface area contributed by atoms with Crippen LogP contribution in [0, 0.1) is 5.41 Å². The van der Waals surface area contributed by atoms with E-state index in [4.69, 9.17) is 0 Å². The van der Waals surface area contributed by atoms with E-state index in [1.165, 1.54) is 6.92 Å². The predicted octanol–water partition coefficient (Wildman–Crippen LogP) is 7.19. The van der Waals surface area contributed by atoms with Crippen LogP contribution in [0.3, 0.4) is 0 Å². The summed E-state index contributed by atoms with van der Waals surface area (Å²) >= 11 is 0. The fourth-order valence-electron chi connectivity index (χ4n) is 2.52. The lowest BCUT2D eigenvalue weighted by molar-refractivity contribution is -0.139. The Balaban J connectivity index is 4.50. The van der Waals surface area contributed by atoms with E-state index in [1.807, 2.05) is 0 Å². The SMILES string of the molecule is CC(CCCC(F)(F)F)(CCCC(F)(F)F)CCCC(F)(F)F. The topological polar surface area (TPSA) is 0 Å². The fraction of sp³-hybridized carbons (Fsp3) is 1.00. The summed E-state index contributed by atoms with van der Waals surface area (Å²) in [5, 5.41) is 0. The summed E-state index contributed by atoms with van der Waals surface area (Å²) in [5.41, 5.74) is -0.943. The number of rotatable bonds is 9. The molecule has 0 spiro atoms. The Bertz CT molecular complexity index is 274. The largest absolute Gasteiger partial charge is 0.389 e. The molecule has 9 heteroatoms. The van der Waals surface area contributed by atoms with Gasteiger partial charge >= 0.3 is 18.5 Å². The molecule has 0 amide bonds. The summed E-state index contributed by atoms with van der Waals surface area (Å²) in [5.74, 6) is 0. The van der Waals surface area contributed by atoms with Crippen molar-refractivity contribution in [3.05, 3.63) is 0 Å². The molecular formula is C14H21F9. The molecule has 0 aromatic heterocycles. The second kappa shape index (κ2) is 8.46. The van der Waals surface area contributed by atoms with Gasteiger partial charge in [-0.25, -0.2) is 0 Å². The first kappa shape index (κ1) is 22.4. The number of alkyl halides is 9. The Morgan fingerprint density at radius 2 is 0.652 bits per heavy atom. The van der Waals surface area contributed by atoms with Gasteiger partial charge in [-0.2, -0.15) is 39.5 Å². The van der Waals surface area contributed by atoms with Gasteiger partial charge in [-0.05, 0) is 43.9 Å². The highest BCUT2D eigenvalue weighted by atomic mass is 19.4. The molecule has 0 rings (SSSR count). The lowest BCUT2D eigenvalue weighted by Gasteiger charge is -2.30. The number of halogens is 9. The van der Waals surface area contributed by atoms with Gasteiger partial charge in [0.1, 0.15) is 0 Å². The standard InChI is InChI=1S/C14H21F9/c1-11(5-2-8-12(15,16)17,6-3-9-13(18,19)20)7-4-10-14(21,22)23/h2-10H2,1H3. The van der Waals surface area contributed by atoms with E-state index in [1.54, 1.807) is 0 Å². The second-order valence-electron chi connectivity index (χ2n) is 6.22. The first-order valence-electron chi connectivity index (χ1n) is 7.32. The Labute approximate surface area is 129 Å². The van der Waals surface area contributed by atoms with Crippen molar-refractivity contribution in [2.45, 2.75) is 83.2 Å². The highest BCUT2D eigenvalue weighted by molar-refractivity contribution is 4.76. The lowest BCUT2D eigenvalue weighted by Crippen LogP contribution is -2.20. The molecular weight excluding hydrogens is 339 g/mol. The first-order valence-corrected chi connectivity index (χ1v) is 7.32. The van der Waals surface area contributed by atoms with Gasteiger partial charge in [0.25, 0.3) is 0 Å². The molecule has 0 aromatic rings. The van der Waals surface area contributed by atoms with Crippen LogP contribution in [0.5, 0.6) is 0 Å². The maximum absolute atomic E-state index is 12.1. The second-order valence-corrected chi connectivity index (χ2v) is 6.22. The zero-order valence-corrected chi connectivity index (χ0v) is 12.8. The van der Waals surface area contributed by atoms with Crippen molar-refractivity contribution in [2.24, 2.45) is 5.41 Å². The van der Waals surface area contributed by atoms with Crippen LogP contribution in [0.1, 0.15) is 64.7 Å². The molecule has 0 bridgehead atoms. The predicted molar refractivity (Wildman–Crippen MR) is 67.8 cm³/mol. The van der Waals surface area contributed by atoms with Crippen molar-refractivity contribution in [1.29, 1.82) is 0 Å². The highest BCUT2D eigenvalue weighted by Gasteiger charge is 2.33. The van der Waals surface area contributed by atoms with E-state index in [0.29, 0.717) is 0 Å². The molecule has 0 radical (unpaired) electrons. The monoisotopic (exact) mass is 360 g/mol. The number of hydrogen-bond acceptors (Lipinski definition) is 0. The minimum atomic E-state index is -4.38. The van der Waals surface area contributed by atoms with E-state index < -0.39 is 43.2 Å². The number of hydrogen-bond donors (Lipinski definition) is 0. The van der Waals surface area contributed by atoms with Crippen molar-refractivity contribution in [3.8, 4) is 0 Å². The molecule has 0 unspecified atom stereocenters. The van der Waals surface area contributed by atoms with Crippen molar-refractivity contribution in [1.82, 2.24) is 0 Å². The van der Waals surface area contributed by atoms with E-state index in [-0.39, 0.29) is 38.5 Å². The van der Waals surface area contributed by atoms with E-state index >= 15 is 0 Å². The highest BCUT2D eigenvalue weighted by Crippen LogP contribution is 2.39. The van der Waals surface area contributed by atoms with Crippen LogP contribution in [0.15, 0.2) is 0 Å². The molecule has 0 saturated carbocycles. The average molecular weight is 360 g/mol. The van der Waals surface area contributed by atoms with Crippen LogP contribution in [0.2, 0.25) is 0 Å². The normalized spacial score (nSPS) is 14.3. The molecule has 0 heterocycles. The molecule has 0 aliphatic carbocycles. The fourth-order valence-corrected chi connectivity index (χ4v) is 2.52. The molecule has 0 aromatic carbocycles. The van der Waals surface area contributed by atoms with Gasteiger partial charge in [0.05, 0.1) is 0 Å². The summed E-state index contributed by atoms with van der Waals surface area (Å²) in [6.07, 6.45) is -17.4. The zero-order chi connectivity index (χ0) is 18.4. The third kappa shape index (κ3) is 14.7. The molecule has 0 nitrogen and oxygen atoms in total. The summed E-state index contributed by atoms with van der Waals surface area (Å²) in [6.45, 7) is 1.47. The maximum atomic E-state index is 12.1. The molecule has 0 fully saturated rings. The maximum Gasteiger partial charge on any atom is 0.389 e. The van der Waals surface area contributed by atoms with Crippen LogP contribution < -0.4 is 0 Å². The van der Waals surface area contributed by atoms with Gasteiger partial charge < -0.3 is 0 Å². The van der Waals surface area contributed by atoms with Crippen molar-refractivity contribution < 1.29 is 39.5 Å². The molecule has 0 aliphatic heterocycles. The van der Waals surface area contributed by atoms with E-state index in [0.717, 1.165) is 0 Å². The zero-order valence-electron chi connectivity index (χ0n) is 12.8. The first-order chi connectivity index (χ1) is 10.1. The molecule has 0 N–H and O–H groups in total. The summed E-state index contributed by atoms with van der Waals surface area (Å²) in [4.78, 5) is 0. The van der Waals surface area contributed by atoms with E-state index in [2.05, 4.69) is 0 Å². The smallest absolute Gasteiger partial charge is 0.171 e. The molecule has 0 saturated heterocycles. The van der Waals surface area contributed by atoms with E-state index in [9.17, 15) is 39.5 Å². The van der Waals surface area contributed by atoms with Gasteiger partial charge in [0.15, 0.2) is 0 Å².